The first-order chi connectivity index (χ1) is 7.63. The third-order valence-electron chi connectivity index (χ3n) is 2.04. The van der Waals surface area contributed by atoms with Gasteiger partial charge < -0.3 is 16.2 Å². The molecule has 0 saturated heterocycles. The van der Waals surface area contributed by atoms with Gasteiger partial charge in [-0.25, -0.2) is 4.39 Å². The first-order valence-electron chi connectivity index (χ1n) is 5.03. The Morgan fingerprint density at radius 3 is 2.75 bits per heavy atom. The average molecular weight is 226 g/mol. The predicted molar refractivity (Wildman–Crippen MR) is 58.5 cm³/mol. The third-order valence-corrected chi connectivity index (χ3v) is 2.04. The normalized spacial score (nSPS) is 10.1. The van der Waals surface area contributed by atoms with Gasteiger partial charge in [-0.1, -0.05) is 6.07 Å². The molecule has 0 saturated carbocycles. The Balaban J connectivity index is 2.57. The standard InChI is InChI=1S/C11H15FN2O2/c12-9-7-8(3-5-13)1-2-10(9)16-6-4-11(14)15/h1-2,7H,3-6,13H2,(H2,14,15). The van der Waals surface area contributed by atoms with Crippen molar-refractivity contribution in [1.29, 1.82) is 0 Å². The van der Waals surface area contributed by atoms with Crippen molar-refractivity contribution in [2.24, 2.45) is 11.5 Å². The molecule has 0 fully saturated rings. The lowest BCUT2D eigenvalue weighted by Crippen LogP contribution is -2.14. The van der Waals surface area contributed by atoms with Crippen molar-refractivity contribution in [1.82, 2.24) is 0 Å². The Labute approximate surface area is 93.4 Å². The van der Waals surface area contributed by atoms with E-state index in [9.17, 15) is 9.18 Å². The summed E-state index contributed by atoms with van der Waals surface area (Å²) in [6.07, 6.45) is 0.697. The van der Waals surface area contributed by atoms with Crippen LogP contribution in [0.25, 0.3) is 0 Å². The maximum absolute atomic E-state index is 13.4. The van der Waals surface area contributed by atoms with Gasteiger partial charge in [0, 0.05) is 0 Å². The number of carbonyl (C=O) groups is 1. The van der Waals surface area contributed by atoms with Gasteiger partial charge in [-0.3, -0.25) is 4.79 Å². The summed E-state index contributed by atoms with van der Waals surface area (Å²) >= 11 is 0. The molecule has 0 spiro atoms. The maximum Gasteiger partial charge on any atom is 0.220 e. The van der Waals surface area contributed by atoms with E-state index in [1.807, 2.05) is 0 Å². The van der Waals surface area contributed by atoms with Gasteiger partial charge in [-0.2, -0.15) is 0 Å². The number of rotatable bonds is 6. The van der Waals surface area contributed by atoms with Crippen LogP contribution >= 0.6 is 0 Å². The summed E-state index contributed by atoms with van der Waals surface area (Å²) in [5, 5.41) is 0. The number of halogens is 1. The van der Waals surface area contributed by atoms with Crippen LogP contribution in [0.5, 0.6) is 5.75 Å². The molecule has 0 atom stereocenters. The second-order valence-electron chi connectivity index (χ2n) is 3.37. The molecule has 1 amide bonds. The fraction of sp³-hybridized carbons (Fsp3) is 0.364. The zero-order chi connectivity index (χ0) is 12.0. The minimum Gasteiger partial charge on any atom is -0.490 e. The Morgan fingerprint density at radius 1 is 1.44 bits per heavy atom. The summed E-state index contributed by atoms with van der Waals surface area (Å²) in [6, 6.07) is 4.66. The molecule has 0 unspecified atom stereocenters. The molecule has 0 aliphatic heterocycles. The molecule has 0 radical (unpaired) electrons. The molecule has 88 valence electrons. The van der Waals surface area contributed by atoms with E-state index in [0.29, 0.717) is 13.0 Å². The molecule has 0 bridgehead atoms. The molecule has 0 aliphatic rings. The number of carbonyl (C=O) groups excluding carboxylic acids is 1. The zero-order valence-electron chi connectivity index (χ0n) is 8.91. The number of amides is 1. The van der Waals surface area contributed by atoms with Gasteiger partial charge in [0.1, 0.15) is 0 Å². The molecular formula is C11H15FN2O2. The number of hydrogen-bond acceptors (Lipinski definition) is 3. The molecule has 1 rings (SSSR count). The highest BCUT2D eigenvalue weighted by atomic mass is 19.1. The van der Waals surface area contributed by atoms with Gasteiger partial charge in [0.2, 0.25) is 5.91 Å². The topological polar surface area (TPSA) is 78.3 Å². The number of primary amides is 1. The fourth-order valence-corrected chi connectivity index (χ4v) is 1.25. The first-order valence-corrected chi connectivity index (χ1v) is 5.03. The highest BCUT2D eigenvalue weighted by Gasteiger charge is 2.05. The Morgan fingerprint density at radius 2 is 2.19 bits per heavy atom. The molecular weight excluding hydrogens is 211 g/mol. The van der Waals surface area contributed by atoms with Crippen LogP contribution in [-0.2, 0) is 11.2 Å². The maximum atomic E-state index is 13.4. The van der Waals surface area contributed by atoms with Crippen LogP contribution in [0.2, 0.25) is 0 Å². The number of hydrogen-bond donors (Lipinski definition) is 2. The highest BCUT2D eigenvalue weighted by Crippen LogP contribution is 2.18. The quantitative estimate of drug-likeness (QED) is 0.744. The number of benzene rings is 1. The van der Waals surface area contributed by atoms with Gasteiger partial charge in [0.25, 0.3) is 0 Å². The average Bonchev–Trinajstić information content (AvgIpc) is 2.21. The summed E-state index contributed by atoms with van der Waals surface area (Å²) in [6.45, 7) is 0.559. The van der Waals surface area contributed by atoms with Crippen LogP contribution in [0.1, 0.15) is 12.0 Å². The van der Waals surface area contributed by atoms with Crippen molar-refractivity contribution in [3.05, 3.63) is 29.6 Å². The van der Waals surface area contributed by atoms with Crippen LogP contribution in [0.4, 0.5) is 4.39 Å². The van der Waals surface area contributed by atoms with Gasteiger partial charge >= 0.3 is 0 Å². The van der Waals surface area contributed by atoms with E-state index in [4.69, 9.17) is 16.2 Å². The lowest BCUT2D eigenvalue weighted by Gasteiger charge is -2.07. The second-order valence-corrected chi connectivity index (χ2v) is 3.37. The Bertz CT molecular complexity index is 369. The molecule has 16 heavy (non-hydrogen) atoms. The van der Waals surface area contributed by atoms with E-state index in [0.717, 1.165) is 5.56 Å². The van der Waals surface area contributed by atoms with Gasteiger partial charge in [-0.05, 0) is 30.7 Å². The van der Waals surface area contributed by atoms with Crippen molar-refractivity contribution >= 4 is 5.91 Å². The van der Waals surface area contributed by atoms with Gasteiger partial charge in [0.15, 0.2) is 11.6 Å². The van der Waals surface area contributed by atoms with Crippen molar-refractivity contribution in [3.8, 4) is 5.75 Å². The molecule has 4 N–H and O–H groups in total. The van der Waals surface area contributed by atoms with E-state index in [-0.39, 0.29) is 18.8 Å². The third kappa shape index (κ3) is 3.86. The molecule has 0 aromatic heterocycles. The molecule has 0 aliphatic carbocycles. The SMILES string of the molecule is NCCc1ccc(OCCC(N)=O)c(F)c1. The lowest BCUT2D eigenvalue weighted by atomic mass is 10.1. The monoisotopic (exact) mass is 226 g/mol. The predicted octanol–water partition coefficient (Wildman–Crippen LogP) is 0.581. The summed E-state index contributed by atoms with van der Waals surface area (Å²) in [4.78, 5) is 10.4. The van der Waals surface area contributed by atoms with E-state index in [2.05, 4.69) is 0 Å². The van der Waals surface area contributed by atoms with Crippen LogP contribution in [0.3, 0.4) is 0 Å². The van der Waals surface area contributed by atoms with E-state index in [1.54, 1.807) is 6.07 Å². The summed E-state index contributed by atoms with van der Waals surface area (Å²) in [7, 11) is 0. The smallest absolute Gasteiger partial charge is 0.220 e. The van der Waals surface area contributed by atoms with Gasteiger partial charge in [0.05, 0.1) is 13.0 Å². The lowest BCUT2D eigenvalue weighted by molar-refractivity contribution is -0.118. The summed E-state index contributed by atoms with van der Waals surface area (Å²) < 4.78 is 18.5. The van der Waals surface area contributed by atoms with Crippen LogP contribution in [-0.4, -0.2) is 19.1 Å². The number of nitrogens with two attached hydrogens (primary N) is 2. The Hall–Kier alpha value is -1.62. The molecule has 4 nitrogen and oxygen atoms in total. The fourth-order valence-electron chi connectivity index (χ4n) is 1.25. The Kier molecular flexibility index (Phi) is 4.72. The molecule has 0 heterocycles. The van der Waals surface area contributed by atoms with Crippen LogP contribution < -0.4 is 16.2 Å². The first kappa shape index (κ1) is 12.4. The summed E-state index contributed by atoms with van der Waals surface area (Å²) in [5.41, 5.74) is 11.1. The van der Waals surface area contributed by atoms with E-state index >= 15 is 0 Å². The molecule has 1 aromatic carbocycles. The van der Waals surface area contributed by atoms with E-state index in [1.165, 1.54) is 12.1 Å². The van der Waals surface area contributed by atoms with Crippen molar-refractivity contribution < 1.29 is 13.9 Å². The summed E-state index contributed by atoms with van der Waals surface area (Å²) in [5.74, 6) is -0.794. The molecule has 5 heteroatoms. The zero-order valence-corrected chi connectivity index (χ0v) is 8.91. The second kappa shape index (κ2) is 6.07. The van der Waals surface area contributed by atoms with Crippen molar-refractivity contribution in [2.75, 3.05) is 13.2 Å². The van der Waals surface area contributed by atoms with Crippen LogP contribution in [0.15, 0.2) is 18.2 Å². The number of ether oxygens (including phenoxy) is 1. The van der Waals surface area contributed by atoms with Crippen molar-refractivity contribution in [2.45, 2.75) is 12.8 Å². The largest absolute Gasteiger partial charge is 0.490 e. The highest BCUT2D eigenvalue weighted by molar-refractivity contribution is 5.73. The van der Waals surface area contributed by atoms with E-state index < -0.39 is 11.7 Å². The molecule has 1 aromatic rings. The van der Waals surface area contributed by atoms with Crippen molar-refractivity contribution in [3.63, 3.8) is 0 Å². The minimum atomic E-state index is -0.472. The van der Waals surface area contributed by atoms with Gasteiger partial charge in [-0.15, -0.1) is 0 Å². The minimum absolute atomic E-state index is 0.0734. The van der Waals surface area contributed by atoms with Crippen LogP contribution in [0, 0.1) is 5.82 Å².